The van der Waals surface area contributed by atoms with E-state index < -0.39 is 0 Å². The molecular formula is C21H31N5. The number of para-hydroxylation sites is 2. The molecule has 5 nitrogen and oxygen atoms in total. The lowest BCUT2D eigenvalue weighted by molar-refractivity contribution is 0.203. The highest BCUT2D eigenvalue weighted by Crippen LogP contribution is 2.43. The third-order valence-electron chi connectivity index (χ3n) is 6.04. The second-order valence-electron chi connectivity index (χ2n) is 7.92. The SMILES string of the molecule is CCNC(=NCCc1nc2ccccc2[nH]1)N1CCC2(CCCCC2)C1. The summed E-state index contributed by atoms with van der Waals surface area (Å²) in [5.41, 5.74) is 2.71. The van der Waals surface area contributed by atoms with E-state index in [1.807, 2.05) is 12.1 Å². The second kappa shape index (κ2) is 7.68. The Bertz CT molecular complexity index is 724. The Morgan fingerprint density at radius 2 is 2.08 bits per heavy atom. The molecule has 0 unspecified atom stereocenters. The first-order valence-electron chi connectivity index (χ1n) is 10.2. The van der Waals surface area contributed by atoms with Crippen LogP contribution in [-0.2, 0) is 6.42 Å². The highest BCUT2D eigenvalue weighted by atomic mass is 15.3. The van der Waals surface area contributed by atoms with E-state index in [1.54, 1.807) is 0 Å². The van der Waals surface area contributed by atoms with Crippen LogP contribution >= 0.6 is 0 Å². The minimum absolute atomic E-state index is 0.563. The first-order valence-corrected chi connectivity index (χ1v) is 10.2. The van der Waals surface area contributed by atoms with Crippen molar-refractivity contribution in [3.8, 4) is 0 Å². The topological polar surface area (TPSA) is 56.3 Å². The Balaban J connectivity index is 1.39. The number of aliphatic imine (C=N–C) groups is 1. The molecule has 1 saturated carbocycles. The molecule has 2 N–H and O–H groups in total. The Morgan fingerprint density at radius 1 is 1.23 bits per heavy atom. The summed E-state index contributed by atoms with van der Waals surface area (Å²) in [5.74, 6) is 2.11. The number of nitrogens with zero attached hydrogens (tertiary/aromatic N) is 3. The van der Waals surface area contributed by atoms with E-state index >= 15 is 0 Å². The maximum Gasteiger partial charge on any atom is 0.193 e. The minimum Gasteiger partial charge on any atom is -0.357 e. The summed E-state index contributed by atoms with van der Waals surface area (Å²) in [6.45, 7) is 6.18. The van der Waals surface area contributed by atoms with Crippen LogP contribution in [0.15, 0.2) is 29.3 Å². The average Bonchev–Trinajstić information content (AvgIpc) is 3.26. The molecule has 1 aliphatic heterocycles. The number of hydrogen-bond acceptors (Lipinski definition) is 2. The molecule has 1 saturated heterocycles. The smallest absolute Gasteiger partial charge is 0.193 e. The van der Waals surface area contributed by atoms with Gasteiger partial charge in [0.1, 0.15) is 5.82 Å². The monoisotopic (exact) mass is 353 g/mol. The molecule has 26 heavy (non-hydrogen) atoms. The lowest BCUT2D eigenvalue weighted by atomic mass is 9.73. The minimum atomic E-state index is 0.563. The Labute approximate surface area is 156 Å². The molecule has 2 aromatic rings. The molecule has 0 atom stereocenters. The summed E-state index contributed by atoms with van der Waals surface area (Å²) in [5, 5.41) is 3.50. The Morgan fingerprint density at radius 3 is 2.88 bits per heavy atom. The van der Waals surface area contributed by atoms with Gasteiger partial charge in [0.2, 0.25) is 0 Å². The van der Waals surface area contributed by atoms with E-state index in [4.69, 9.17) is 4.99 Å². The van der Waals surface area contributed by atoms with E-state index in [0.717, 1.165) is 48.9 Å². The lowest BCUT2D eigenvalue weighted by Crippen LogP contribution is -2.41. The maximum absolute atomic E-state index is 4.91. The van der Waals surface area contributed by atoms with Crippen LogP contribution in [0.5, 0.6) is 0 Å². The van der Waals surface area contributed by atoms with Gasteiger partial charge < -0.3 is 15.2 Å². The van der Waals surface area contributed by atoms with Gasteiger partial charge in [0.25, 0.3) is 0 Å². The zero-order chi connectivity index (χ0) is 17.8. The fourth-order valence-electron chi connectivity index (χ4n) is 4.64. The summed E-state index contributed by atoms with van der Waals surface area (Å²) >= 11 is 0. The van der Waals surface area contributed by atoms with Crippen molar-refractivity contribution in [1.29, 1.82) is 0 Å². The van der Waals surface area contributed by atoms with Gasteiger partial charge in [-0.3, -0.25) is 4.99 Å². The average molecular weight is 354 g/mol. The number of guanidine groups is 1. The highest BCUT2D eigenvalue weighted by Gasteiger charge is 2.39. The maximum atomic E-state index is 4.91. The summed E-state index contributed by atoms with van der Waals surface area (Å²) in [4.78, 5) is 15.5. The van der Waals surface area contributed by atoms with Crippen LogP contribution in [0.1, 0.15) is 51.3 Å². The molecule has 2 heterocycles. The Kier molecular flexibility index (Phi) is 5.14. The van der Waals surface area contributed by atoms with Crippen LogP contribution in [0.25, 0.3) is 11.0 Å². The van der Waals surface area contributed by atoms with Crippen LogP contribution in [-0.4, -0.2) is 47.0 Å². The van der Waals surface area contributed by atoms with Crippen molar-refractivity contribution in [3.05, 3.63) is 30.1 Å². The van der Waals surface area contributed by atoms with Crippen LogP contribution < -0.4 is 5.32 Å². The lowest BCUT2D eigenvalue weighted by Gasteiger charge is -2.33. The van der Waals surface area contributed by atoms with Gasteiger partial charge in [0.15, 0.2) is 5.96 Å². The zero-order valence-electron chi connectivity index (χ0n) is 15.9. The highest BCUT2D eigenvalue weighted by molar-refractivity contribution is 5.80. The molecule has 140 valence electrons. The fraction of sp³-hybridized carbons (Fsp3) is 0.619. The van der Waals surface area contributed by atoms with Crippen LogP contribution in [0, 0.1) is 5.41 Å². The van der Waals surface area contributed by atoms with Crippen LogP contribution in [0.2, 0.25) is 0 Å². The number of likely N-dealkylation sites (tertiary alicyclic amines) is 1. The van der Waals surface area contributed by atoms with Crippen molar-refractivity contribution in [2.75, 3.05) is 26.2 Å². The van der Waals surface area contributed by atoms with Gasteiger partial charge in [-0.05, 0) is 43.7 Å². The van der Waals surface area contributed by atoms with Gasteiger partial charge in [0.05, 0.1) is 11.0 Å². The first-order chi connectivity index (χ1) is 12.8. The number of aromatic nitrogens is 2. The number of imidazole rings is 1. The fourth-order valence-corrected chi connectivity index (χ4v) is 4.64. The van der Waals surface area contributed by atoms with Gasteiger partial charge in [-0.15, -0.1) is 0 Å². The van der Waals surface area contributed by atoms with Gasteiger partial charge in [-0.1, -0.05) is 31.4 Å². The molecule has 2 aliphatic rings. The molecule has 1 spiro atoms. The predicted octanol–water partition coefficient (Wildman–Crippen LogP) is 3.73. The molecule has 0 amide bonds. The summed E-state index contributed by atoms with van der Waals surface area (Å²) in [7, 11) is 0. The van der Waals surface area contributed by atoms with Crippen molar-refractivity contribution < 1.29 is 0 Å². The number of fused-ring (bicyclic) bond motifs is 1. The van der Waals surface area contributed by atoms with Gasteiger partial charge in [-0.25, -0.2) is 4.98 Å². The molecule has 5 heteroatoms. The van der Waals surface area contributed by atoms with E-state index in [1.165, 1.54) is 45.1 Å². The van der Waals surface area contributed by atoms with Crippen molar-refractivity contribution in [2.24, 2.45) is 10.4 Å². The number of hydrogen-bond donors (Lipinski definition) is 2. The van der Waals surface area contributed by atoms with Crippen LogP contribution in [0.3, 0.4) is 0 Å². The third-order valence-corrected chi connectivity index (χ3v) is 6.04. The molecule has 4 rings (SSSR count). The summed E-state index contributed by atoms with van der Waals surface area (Å²) in [6.07, 6.45) is 9.24. The zero-order valence-corrected chi connectivity index (χ0v) is 15.9. The molecule has 0 radical (unpaired) electrons. The molecule has 1 aromatic carbocycles. The van der Waals surface area contributed by atoms with Crippen molar-refractivity contribution in [1.82, 2.24) is 20.2 Å². The van der Waals surface area contributed by atoms with E-state index in [-0.39, 0.29) is 0 Å². The number of benzene rings is 1. The first kappa shape index (κ1) is 17.4. The van der Waals surface area contributed by atoms with Gasteiger partial charge in [-0.2, -0.15) is 0 Å². The van der Waals surface area contributed by atoms with Crippen LogP contribution in [0.4, 0.5) is 0 Å². The quantitative estimate of drug-likeness (QED) is 0.650. The third kappa shape index (κ3) is 3.71. The molecular weight excluding hydrogens is 322 g/mol. The standard InChI is InChI=1S/C21H31N5/c1-2-22-20(26-15-13-21(16-26)11-6-3-7-12-21)23-14-10-19-24-17-8-4-5-9-18(17)25-19/h4-5,8-9H,2-3,6-7,10-16H2,1H3,(H,22,23)(H,24,25). The van der Waals surface area contributed by atoms with Gasteiger partial charge >= 0.3 is 0 Å². The number of rotatable bonds is 4. The largest absolute Gasteiger partial charge is 0.357 e. The molecule has 2 fully saturated rings. The van der Waals surface area contributed by atoms with E-state index in [2.05, 4.69) is 39.2 Å². The summed E-state index contributed by atoms with van der Waals surface area (Å²) < 4.78 is 0. The van der Waals surface area contributed by atoms with Gasteiger partial charge in [0, 0.05) is 32.6 Å². The number of nitrogens with one attached hydrogen (secondary N) is 2. The number of H-pyrrole nitrogens is 1. The van der Waals surface area contributed by atoms with E-state index in [0.29, 0.717) is 5.41 Å². The Hall–Kier alpha value is -2.04. The normalized spacial score (nSPS) is 20.2. The van der Waals surface area contributed by atoms with Crippen molar-refractivity contribution >= 4 is 17.0 Å². The molecule has 1 aliphatic carbocycles. The number of aromatic amines is 1. The predicted molar refractivity (Wildman–Crippen MR) is 107 cm³/mol. The summed E-state index contributed by atoms with van der Waals surface area (Å²) in [6, 6.07) is 8.20. The van der Waals surface area contributed by atoms with Crippen molar-refractivity contribution in [3.63, 3.8) is 0 Å². The molecule has 1 aromatic heterocycles. The second-order valence-corrected chi connectivity index (χ2v) is 7.92. The van der Waals surface area contributed by atoms with Crippen molar-refractivity contribution in [2.45, 2.75) is 51.9 Å². The van der Waals surface area contributed by atoms with E-state index in [9.17, 15) is 0 Å². The molecule has 0 bridgehead atoms.